The molecule has 1 aliphatic carbocycles. The molecule has 1 aliphatic rings. The number of hydrogen-bond donors (Lipinski definition) is 1. The number of ether oxygens (including phenoxy) is 3. The Morgan fingerprint density at radius 3 is 2.62 bits per heavy atom. The van der Waals surface area contributed by atoms with E-state index in [-0.39, 0.29) is 18.2 Å². The lowest BCUT2D eigenvalue weighted by atomic mass is 9.94. The molecule has 1 rings (SSSR count). The van der Waals surface area contributed by atoms with Gasteiger partial charge in [0.05, 0.1) is 25.4 Å². The minimum atomic E-state index is -0.772. The lowest BCUT2D eigenvalue weighted by molar-refractivity contribution is -0.155. The van der Waals surface area contributed by atoms with E-state index < -0.39 is 5.54 Å². The maximum atomic E-state index is 12.2. The highest BCUT2D eigenvalue weighted by Gasteiger charge is 2.36. The molecule has 3 unspecified atom stereocenters. The number of esters is 1. The molecule has 21 heavy (non-hydrogen) atoms. The highest BCUT2D eigenvalue weighted by atomic mass is 16.5. The van der Waals surface area contributed by atoms with Crippen LogP contribution in [-0.2, 0) is 19.0 Å². The predicted molar refractivity (Wildman–Crippen MR) is 82.3 cm³/mol. The zero-order chi connectivity index (χ0) is 15.7. The third kappa shape index (κ3) is 5.93. The number of rotatable bonds is 9. The van der Waals surface area contributed by atoms with E-state index in [1.54, 1.807) is 7.11 Å². The monoisotopic (exact) mass is 301 g/mol. The topological polar surface area (TPSA) is 56.8 Å². The standard InChI is InChI=1S/C16H31NO4/c1-5-10-17-16(3,15(18)20-6-2)12-21-14-9-7-8-13(11-14)19-4/h13-14,17H,5-12H2,1-4H3. The second-order valence-corrected chi connectivity index (χ2v) is 5.94. The highest BCUT2D eigenvalue weighted by Crippen LogP contribution is 2.24. The highest BCUT2D eigenvalue weighted by molar-refractivity contribution is 5.80. The van der Waals surface area contributed by atoms with E-state index >= 15 is 0 Å². The molecule has 1 N–H and O–H groups in total. The molecule has 0 aromatic rings. The summed E-state index contributed by atoms with van der Waals surface area (Å²) in [6.07, 6.45) is 5.56. The molecular formula is C16H31NO4. The number of carbonyl (C=O) groups is 1. The van der Waals surface area contributed by atoms with Crippen LogP contribution in [0.25, 0.3) is 0 Å². The summed E-state index contributed by atoms with van der Waals surface area (Å²) in [4.78, 5) is 12.2. The smallest absolute Gasteiger partial charge is 0.328 e. The van der Waals surface area contributed by atoms with Crippen LogP contribution in [0.5, 0.6) is 0 Å². The average Bonchev–Trinajstić information content (AvgIpc) is 2.51. The van der Waals surface area contributed by atoms with Gasteiger partial charge in [0.25, 0.3) is 0 Å². The lowest BCUT2D eigenvalue weighted by Gasteiger charge is -2.33. The molecule has 1 saturated carbocycles. The van der Waals surface area contributed by atoms with Crippen molar-refractivity contribution in [3.05, 3.63) is 0 Å². The fourth-order valence-corrected chi connectivity index (χ4v) is 2.63. The summed E-state index contributed by atoms with van der Waals surface area (Å²) in [5.41, 5.74) is -0.772. The van der Waals surface area contributed by atoms with E-state index in [9.17, 15) is 4.79 Å². The van der Waals surface area contributed by atoms with Gasteiger partial charge in [-0.3, -0.25) is 0 Å². The quantitative estimate of drug-likeness (QED) is 0.662. The third-order valence-corrected chi connectivity index (χ3v) is 4.01. The van der Waals surface area contributed by atoms with E-state index in [0.29, 0.717) is 13.2 Å². The first-order valence-electron chi connectivity index (χ1n) is 8.12. The van der Waals surface area contributed by atoms with Gasteiger partial charge in [-0.2, -0.15) is 0 Å². The average molecular weight is 301 g/mol. The van der Waals surface area contributed by atoms with Crippen LogP contribution in [0.1, 0.15) is 52.9 Å². The van der Waals surface area contributed by atoms with E-state index in [4.69, 9.17) is 14.2 Å². The first-order valence-corrected chi connectivity index (χ1v) is 8.12. The van der Waals surface area contributed by atoms with Crippen LogP contribution in [0, 0.1) is 0 Å². The summed E-state index contributed by atoms with van der Waals surface area (Å²) < 4.78 is 16.6. The molecule has 0 bridgehead atoms. The van der Waals surface area contributed by atoms with Gasteiger partial charge >= 0.3 is 5.97 Å². The molecule has 0 saturated heterocycles. The summed E-state index contributed by atoms with van der Waals surface area (Å²) in [5, 5.41) is 3.26. The predicted octanol–water partition coefficient (Wildman–Crippen LogP) is 2.28. The normalized spacial score (nSPS) is 25.3. The first kappa shape index (κ1) is 18.4. The fourth-order valence-electron chi connectivity index (χ4n) is 2.63. The van der Waals surface area contributed by atoms with Gasteiger partial charge in [-0.05, 0) is 52.5 Å². The molecule has 0 aromatic heterocycles. The molecule has 0 aromatic carbocycles. The first-order chi connectivity index (χ1) is 10.1. The molecule has 0 radical (unpaired) electrons. The van der Waals surface area contributed by atoms with Crippen molar-refractivity contribution in [2.75, 3.05) is 26.9 Å². The number of carbonyl (C=O) groups excluding carboxylic acids is 1. The van der Waals surface area contributed by atoms with Gasteiger partial charge in [-0.15, -0.1) is 0 Å². The fraction of sp³-hybridized carbons (Fsp3) is 0.938. The van der Waals surface area contributed by atoms with Crippen LogP contribution in [0.15, 0.2) is 0 Å². The summed E-state index contributed by atoms with van der Waals surface area (Å²) in [6, 6.07) is 0. The Kier molecular flexibility index (Phi) is 8.22. The maximum absolute atomic E-state index is 12.2. The molecule has 5 nitrogen and oxygen atoms in total. The summed E-state index contributed by atoms with van der Waals surface area (Å²) in [7, 11) is 1.75. The minimum Gasteiger partial charge on any atom is -0.465 e. The summed E-state index contributed by atoms with van der Waals surface area (Å²) in [6.45, 7) is 7.25. The Morgan fingerprint density at radius 2 is 2.00 bits per heavy atom. The molecule has 0 heterocycles. The van der Waals surface area contributed by atoms with Crippen LogP contribution in [0.4, 0.5) is 0 Å². The molecule has 0 aliphatic heterocycles. The SMILES string of the molecule is CCCNC(C)(COC1CCCC(OC)C1)C(=O)OCC. The Bertz CT molecular complexity index is 311. The summed E-state index contributed by atoms with van der Waals surface area (Å²) >= 11 is 0. The number of methoxy groups -OCH3 is 1. The van der Waals surface area contributed by atoms with E-state index in [1.165, 1.54) is 0 Å². The molecule has 124 valence electrons. The van der Waals surface area contributed by atoms with Gasteiger partial charge < -0.3 is 19.5 Å². The van der Waals surface area contributed by atoms with Gasteiger partial charge in [0.2, 0.25) is 0 Å². The van der Waals surface area contributed by atoms with Crippen LogP contribution in [-0.4, -0.2) is 50.6 Å². The molecular weight excluding hydrogens is 270 g/mol. The van der Waals surface area contributed by atoms with Crippen molar-refractivity contribution in [2.24, 2.45) is 0 Å². The molecule has 1 fully saturated rings. The molecule has 0 amide bonds. The third-order valence-electron chi connectivity index (χ3n) is 4.01. The van der Waals surface area contributed by atoms with Gasteiger partial charge in [0, 0.05) is 7.11 Å². The van der Waals surface area contributed by atoms with Crippen molar-refractivity contribution < 1.29 is 19.0 Å². The van der Waals surface area contributed by atoms with Crippen molar-refractivity contribution in [1.82, 2.24) is 5.32 Å². The van der Waals surface area contributed by atoms with Gasteiger partial charge in [-0.1, -0.05) is 6.92 Å². The Morgan fingerprint density at radius 1 is 1.29 bits per heavy atom. The molecule has 5 heteroatoms. The zero-order valence-corrected chi connectivity index (χ0v) is 13.9. The van der Waals surface area contributed by atoms with Crippen molar-refractivity contribution in [3.8, 4) is 0 Å². The van der Waals surface area contributed by atoms with Crippen molar-refractivity contribution in [3.63, 3.8) is 0 Å². The lowest BCUT2D eigenvalue weighted by Crippen LogP contribution is -2.55. The molecule has 0 spiro atoms. The van der Waals surface area contributed by atoms with Crippen molar-refractivity contribution in [1.29, 1.82) is 0 Å². The van der Waals surface area contributed by atoms with Crippen LogP contribution >= 0.6 is 0 Å². The van der Waals surface area contributed by atoms with E-state index in [0.717, 1.165) is 38.6 Å². The Balaban J connectivity index is 2.53. The Hall–Kier alpha value is -0.650. The van der Waals surface area contributed by atoms with Crippen LogP contribution in [0.3, 0.4) is 0 Å². The second kappa shape index (κ2) is 9.38. The number of nitrogens with one attached hydrogen (secondary N) is 1. The second-order valence-electron chi connectivity index (χ2n) is 5.94. The Labute approximate surface area is 128 Å². The minimum absolute atomic E-state index is 0.167. The maximum Gasteiger partial charge on any atom is 0.328 e. The van der Waals surface area contributed by atoms with Crippen molar-refractivity contribution >= 4 is 5.97 Å². The van der Waals surface area contributed by atoms with E-state index in [1.807, 2.05) is 13.8 Å². The van der Waals surface area contributed by atoms with Gasteiger partial charge in [0.1, 0.15) is 5.54 Å². The van der Waals surface area contributed by atoms with Crippen molar-refractivity contribution in [2.45, 2.75) is 70.6 Å². The van der Waals surface area contributed by atoms with E-state index in [2.05, 4.69) is 12.2 Å². The van der Waals surface area contributed by atoms with Crippen LogP contribution in [0.2, 0.25) is 0 Å². The molecule has 3 atom stereocenters. The van der Waals surface area contributed by atoms with Gasteiger partial charge in [0.15, 0.2) is 0 Å². The summed E-state index contributed by atoms with van der Waals surface area (Å²) in [5.74, 6) is -0.238. The number of hydrogen-bond acceptors (Lipinski definition) is 5. The zero-order valence-electron chi connectivity index (χ0n) is 13.9. The van der Waals surface area contributed by atoms with Gasteiger partial charge in [-0.25, -0.2) is 4.79 Å². The largest absolute Gasteiger partial charge is 0.465 e. The van der Waals surface area contributed by atoms with Crippen LogP contribution < -0.4 is 5.32 Å².